The average molecular weight is 295 g/mol. The monoisotopic (exact) mass is 295 g/mol. The van der Waals surface area contributed by atoms with Gasteiger partial charge in [-0.2, -0.15) is 0 Å². The molecule has 2 N–H and O–H groups in total. The van der Waals surface area contributed by atoms with E-state index in [1.54, 1.807) is 18.2 Å². The molecule has 6 heteroatoms. The maximum Gasteiger partial charge on any atom is 0.348 e. The summed E-state index contributed by atoms with van der Waals surface area (Å²) < 4.78 is 23.8. The van der Waals surface area contributed by atoms with Crippen molar-refractivity contribution in [1.82, 2.24) is 0 Å². The quantitative estimate of drug-likeness (QED) is 0.880. The Balaban J connectivity index is 2.07. The summed E-state index contributed by atoms with van der Waals surface area (Å²) >= 11 is 1.25. The van der Waals surface area contributed by atoms with Gasteiger partial charge in [0.15, 0.2) is 11.6 Å². The summed E-state index contributed by atoms with van der Waals surface area (Å²) in [5, 5.41) is 0. The number of nitrogen functional groups attached to an aromatic ring is 1. The second kappa shape index (κ2) is 5.92. The maximum atomic E-state index is 13.9. The van der Waals surface area contributed by atoms with E-state index in [0.29, 0.717) is 10.6 Å². The van der Waals surface area contributed by atoms with Gasteiger partial charge in [-0.05, 0) is 19.1 Å². The molecule has 2 rings (SSSR count). The lowest BCUT2D eigenvalue weighted by atomic mass is 10.2. The standard InChI is InChI=1S/C14H14FNO3S/c1-8-10(16)6-12(20-8)14(17)19-7-9-4-3-5-11(18-2)13(9)15/h3-6H,7,16H2,1-2H3. The lowest BCUT2D eigenvalue weighted by molar-refractivity contribution is 0.0474. The first-order chi connectivity index (χ1) is 9.52. The van der Waals surface area contributed by atoms with Crippen molar-refractivity contribution in [1.29, 1.82) is 0 Å². The highest BCUT2D eigenvalue weighted by molar-refractivity contribution is 7.14. The van der Waals surface area contributed by atoms with Crippen molar-refractivity contribution in [2.45, 2.75) is 13.5 Å². The largest absolute Gasteiger partial charge is 0.494 e. The fourth-order valence-electron chi connectivity index (χ4n) is 1.64. The summed E-state index contributed by atoms with van der Waals surface area (Å²) in [6.07, 6.45) is 0. The molecular formula is C14H14FNO3S. The number of nitrogens with two attached hydrogens (primary N) is 1. The molecule has 20 heavy (non-hydrogen) atoms. The van der Waals surface area contributed by atoms with Crippen molar-refractivity contribution >= 4 is 23.0 Å². The fourth-order valence-corrected chi connectivity index (χ4v) is 2.47. The first-order valence-corrected chi connectivity index (χ1v) is 6.69. The second-order valence-corrected chi connectivity index (χ2v) is 5.39. The summed E-state index contributed by atoms with van der Waals surface area (Å²) in [5.74, 6) is -0.920. The summed E-state index contributed by atoms with van der Waals surface area (Å²) in [6.45, 7) is 1.66. The van der Waals surface area contributed by atoms with Gasteiger partial charge >= 0.3 is 5.97 Å². The highest BCUT2D eigenvalue weighted by Gasteiger charge is 2.14. The van der Waals surface area contributed by atoms with Crippen LogP contribution < -0.4 is 10.5 Å². The van der Waals surface area contributed by atoms with Crippen LogP contribution in [0.1, 0.15) is 20.1 Å². The van der Waals surface area contributed by atoms with Crippen molar-refractivity contribution < 1.29 is 18.7 Å². The van der Waals surface area contributed by atoms with Crippen molar-refractivity contribution in [2.24, 2.45) is 0 Å². The van der Waals surface area contributed by atoms with Gasteiger partial charge in [0, 0.05) is 16.1 Å². The number of benzene rings is 1. The molecule has 1 heterocycles. The van der Waals surface area contributed by atoms with Crippen LogP contribution in [0.25, 0.3) is 0 Å². The molecule has 0 unspecified atom stereocenters. The van der Waals surface area contributed by atoms with Crippen LogP contribution in [0.2, 0.25) is 0 Å². The van der Waals surface area contributed by atoms with Gasteiger partial charge in [-0.15, -0.1) is 11.3 Å². The SMILES string of the molecule is COc1cccc(COC(=O)c2cc(N)c(C)s2)c1F. The summed E-state index contributed by atoms with van der Waals surface area (Å²) in [5.41, 5.74) is 6.49. The van der Waals surface area contributed by atoms with Gasteiger partial charge in [0.1, 0.15) is 11.5 Å². The number of ether oxygens (including phenoxy) is 2. The third kappa shape index (κ3) is 2.91. The van der Waals surface area contributed by atoms with Crippen LogP contribution >= 0.6 is 11.3 Å². The molecule has 0 bridgehead atoms. The Kier molecular flexibility index (Phi) is 4.24. The van der Waals surface area contributed by atoms with Crippen LogP contribution in [-0.2, 0) is 11.3 Å². The number of halogens is 1. The number of aryl methyl sites for hydroxylation is 1. The minimum Gasteiger partial charge on any atom is -0.494 e. The molecule has 0 fully saturated rings. The highest BCUT2D eigenvalue weighted by Crippen LogP contribution is 2.25. The van der Waals surface area contributed by atoms with E-state index >= 15 is 0 Å². The Hall–Kier alpha value is -2.08. The molecule has 0 aliphatic carbocycles. The molecule has 0 radical (unpaired) electrons. The van der Waals surface area contributed by atoms with E-state index in [1.165, 1.54) is 24.5 Å². The number of hydrogen-bond acceptors (Lipinski definition) is 5. The Morgan fingerprint density at radius 3 is 2.80 bits per heavy atom. The zero-order chi connectivity index (χ0) is 14.7. The van der Waals surface area contributed by atoms with Crippen molar-refractivity contribution in [3.05, 3.63) is 45.4 Å². The minimum absolute atomic E-state index is 0.120. The number of rotatable bonds is 4. The van der Waals surface area contributed by atoms with E-state index in [1.807, 2.05) is 6.92 Å². The molecule has 1 aromatic carbocycles. The van der Waals surface area contributed by atoms with Gasteiger partial charge in [-0.25, -0.2) is 9.18 Å². The van der Waals surface area contributed by atoms with Crippen LogP contribution in [0.4, 0.5) is 10.1 Å². The van der Waals surface area contributed by atoms with Crippen molar-refractivity contribution in [3.8, 4) is 5.75 Å². The van der Waals surface area contributed by atoms with E-state index < -0.39 is 11.8 Å². The maximum absolute atomic E-state index is 13.9. The topological polar surface area (TPSA) is 61.5 Å². The number of carbonyl (C=O) groups is 1. The molecule has 0 amide bonds. The molecule has 0 aliphatic rings. The Morgan fingerprint density at radius 2 is 2.20 bits per heavy atom. The van der Waals surface area contributed by atoms with Crippen molar-refractivity contribution in [2.75, 3.05) is 12.8 Å². The lowest BCUT2D eigenvalue weighted by Crippen LogP contribution is -2.05. The third-order valence-corrected chi connectivity index (χ3v) is 3.83. The van der Waals surface area contributed by atoms with Gasteiger partial charge in [0.05, 0.1) is 7.11 Å². The molecule has 0 saturated heterocycles. The molecule has 106 valence electrons. The normalized spacial score (nSPS) is 10.3. The first-order valence-electron chi connectivity index (χ1n) is 5.87. The molecular weight excluding hydrogens is 281 g/mol. The van der Waals surface area contributed by atoms with E-state index in [4.69, 9.17) is 15.2 Å². The van der Waals surface area contributed by atoms with E-state index in [9.17, 15) is 9.18 Å². The van der Waals surface area contributed by atoms with Crippen molar-refractivity contribution in [3.63, 3.8) is 0 Å². The Bertz CT molecular complexity index is 620. The first kappa shape index (κ1) is 14.3. The van der Waals surface area contributed by atoms with E-state index in [0.717, 1.165) is 4.88 Å². The predicted octanol–water partition coefficient (Wildman–Crippen LogP) is 3.14. The molecule has 0 saturated carbocycles. The van der Waals surface area contributed by atoms with Gasteiger partial charge in [-0.3, -0.25) is 0 Å². The Labute approximate surface area is 119 Å². The molecule has 4 nitrogen and oxygen atoms in total. The molecule has 0 aliphatic heterocycles. The Morgan fingerprint density at radius 1 is 1.45 bits per heavy atom. The summed E-state index contributed by atoms with van der Waals surface area (Å²) in [4.78, 5) is 13.1. The van der Waals surface area contributed by atoms with E-state index in [2.05, 4.69) is 0 Å². The zero-order valence-corrected chi connectivity index (χ0v) is 11.9. The van der Waals surface area contributed by atoms with Crippen LogP contribution in [0.5, 0.6) is 5.75 Å². The average Bonchev–Trinajstić information content (AvgIpc) is 2.77. The van der Waals surface area contributed by atoms with Gasteiger partial charge in [0.25, 0.3) is 0 Å². The summed E-state index contributed by atoms with van der Waals surface area (Å²) in [6, 6.07) is 6.24. The second-order valence-electron chi connectivity index (χ2n) is 4.13. The predicted molar refractivity (Wildman–Crippen MR) is 75.5 cm³/mol. The third-order valence-electron chi connectivity index (χ3n) is 2.78. The minimum atomic E-state index is -0.523. The molecule has 0 atom stereocenters. The van der Waals surface area contributed by atoms with E-state index in [-0.39, 0.29) is 17.9 Å². The van der Waals surface area contributed by atoms with Crippen LogP contribution in [0.3, 0.4) is 0 Å². The fraction of sp³-hybridized carbons (Fsp3) is 0.214. The smallest absolute Gasteiger partial charge is 0.348 e. The number of carbonyl (C=O) groups excluding carboxylic acids is 1. The molecule has 1 aromatic heterocycles. The molecule has 0 spiro atoms. The number of anilines is 1. The number of hydrogen-bond donors (Lipinski definition) is 1. The number of thiophene rings is 1. The van der Waals surface area contributed by atoms with Gasteiger partial charge in [0.2, 0.25) is 0 Å². The van der Waals surface area contributed by atoms with Crippen LogP contribution in [-0.4, -0.2) is 13.1 Å². The van der Waals surface area contributed by atoms with Crippen LogP contribution in [0, 0.1) is 12.7 Å². The number of esters is 1. The highest BCUT2D eigenvalue weighted by atomic mass is 32.1. The number of methoxy groups -OCH3 is 1. The summed E-state index contributed by atoms with van der Waals surface area (Å²) in [7, 11) is 1.38. The van der Waals surface area contributed by atoms with Gasteiger partial charge in [-0.1, -0.05) is 12.1 Å². The lowest BCUT2D eigenvalue weighted by Gasteiger charge is -2.07. The zero-order valence-electron chi connectivity index (χ0n) is 11.1. The van der Waals surface area contributed by atoms with Crippen LogP contribution in [0.15, 0.2) is 24.3 Å². The van der Waals surface area contributed by atoms with Gasteiger partial charge < -0.3 is 15.2 Å². The molecule has 2 aromatic rings.